The lowest BCUT2D eigenvalue weighted by atomic mass is 10.0. The van der Waals surface area contributed by atoms with Crippen molar-refractivity contribution in [1.29, 1.82) is 0 Å². The van der Waals surface area contributed by atoms with E-state index in [0.717, 1.165) is 5.56 Å². The Kier molecular flexibility index (Phi) is 3.54. The molecule has 0 bridgehead atoms. The molecule has 0 radical (unpaired) electrons. The molecule has 1 rings (SSSR count). The molecule has 0 aliphatic rings. The second kappa shape index (κ2) is 4.35. The topological polar surface area (TPSA) is 17.1 Å². The van der Waals surface area contributed by atoms with Gasteiger partial charge in [-0.25, -0.2) is 4.21 Å². The van der Waals surface area contributed by atoms with Crippen molar-refractivity contribution >= 4 is 10.8 Å². The lowest BCUT2D eigenvalue weighted by Crippen LogP contribution is -2.16. The molecule has 0 heterocycles. The fourth-order valence-corrected chi connectivity index (χ4v) is 1.76. The molecule has 0 aliphatic heterocycles. The van der Waals surface area contributed by atoms with Crippen molar-refractivity contribution in [1.82, 2.24) is 0 Å². The van der Waals surface area contributed by atoms with Gasteiger partial charge in [-0.15, -0.1) is 0 Å². The zero-order valence-corrected chi connectivity index (χ0v) is 9.15. The third-order valence-electron chi connectivity index (χ3n) is 1.97. The summed E-state index contributed by atoms with van der Waals surface area (Å²) in [6, 6.07) is 5.67. The Bertz CT molecular complexity index is 354. The molecular weight excluding hydrogens is 225 g/mol. The Hall–Kier alpha value is -0.840. The van der Waals surface area contributed by atoms with Gasteiger partial charge in [-0.05, 0) is 23.6 Å². The molecule has 5 heteroatoms. The third-order valence-corrected chi connectivity index (χ3v) is 3.09. The molecular formula is C10H11F3OS. The SMILES string of the molecule is CC(C)c1ccc(S(=O)C(F)(F)F)cc1. The molecule has 0 aliphatic carbocycles. The summed E-state index contributed by atoms with van der Waals surface area (Å²) in [5, 5.41) is 0. The highest BCUT2D eigenvalue weighted by Gasteiger charge is 2.37. The van der Waals surface area contributed by atoms with Crippen molar-refractivity contribution in [3.05, 3.63) is 29.8 Å². The van der Waals surface area contributed by atoms with Crippen LogP contribution in [0, 0.1) is 0 Å². The Morgan fingerprint density at radius 1 is 1.13 bits per heavy atom. The van der Waals surface area contributed by atoms with Gasteiger partial charge in [0.15, 0.2) is 10.8 Å². The van der Waals surface area contributed by atoms with Gasteiger partial charge in [-0.2, -0.15) is 13.2 Å². The predicted octanol–water partition coefficient (Wildman–Crippen LogP) is 3.44. The molecule has 0 amide bonds. The van der Waals surface area contributed by atoms with Gasteiger partial charge in [0.1, 0.15) is 0 Å². The highest BCUT2D eigenvalue weighted by atomic mass is 32.2. The Morgan fingerprint density at radius 2 is 1.60 bits per heavy atom. The molecule has 1 nitrogen and oxygen atoms in total. The van der Waals surface area contributed by atoms with Gasteiger partial charge in [-0.1, -0.05) is 26.0 Å². The zero-order chi connectivity index (χ0) is 11.6. The van der Waals surface area contributed by atoms with E-state index in [0.29, 0.717) is 0 Å². The first-order chi connectivity index (χ1) is 6.82. The number of hydrogen-bond acceptors (Lipinski definition) is 1. The van der Waals surface area contributed by atoms with Crippen LogP contribution < -0.4 is 0 Å². The fourth-order valence-electron chi connectivity index (χ4n) is 1.11. The van der Waals surface area contributed by atoms with Crippen molar-refractivity contribution in [2.45, 2.75) is 30.2 Å². The lowest BCUT2D eigenvalue weighted by molar-refractivity contribution is -0.0384. The zero-order valence-electron chi connectivity index (χ0n) is 8.34. The molecule has 15 heavy (non-hydrogen) atoms. The van der Waals surface area contributed by atoms with E-state index in [2.05, 4.69) is 0 Å². The van der Waals surface area contributed by atoms with Gasteiger partial charge in [0.05, 0.1) is 0 Å². The first kappa shape index (κ1) is 12.2. The van der Waals surface area contributed by atoms with Crippen molar-refractivity contribution in [2.75, 3.05) is 0 Å². The summed E-state index contributed by atoms with van der Waals surface area (Å²) in [6.07, 6.45) is 0. The number of alkyl halides is 3. The minimum atomic E-state index is -4.68. The number of halogens is 3. The van der Waals surface area contributed by atoms with Crippen molar-refractivity contribution in [2.24, 2.45) is 0 Å². The van der Waals surface area contributed by atoms with E-state index in [9.17, 15) is 17.4 Å². The van der Waals surface area contributed by atoms with E-state index in [1.165, 1.54) is 12.1 Å². The fraction of sp³-hybridized carbons (Fsp3) is 0.400. The van der Waals surface area contributed by atoms with Crippen LogP contribution in [0.2, 0.25) is 0 Å². The first-order valence-electron chi connectivity index (χ1n) is 4.41. The first-order valence-corrected chi connectivity index (χ1v) is 5.56. The van der Waals surface area contributed by atoms with Crippen LogP contribution in [-0.4, -0.2) is 9.72 Å². The van der Waals surface area contributed by atoms with E-state index in [4.69, 9.17) is 0 Å². The average Bonchev–Trinajstić information content (AvgIpc) is 2.15. The van der Waals surface area contributed by atoms with Gasteiger partial charge in [0.2, 0.25) is 0 Å². The molecule has 0 spiro atoms. The van der Waals surface area contributed by atoms with Crippen LogP contribution >= 0.6 is 0 Å². The van der Waals surface area contributed by atoms with Crippen molar-refractivity contribution < 1.29 is 17.4 Å². The maximum absolute atomic E-state index is 12.1. The molecule has 0 N–H and O–H groups in total. The summed E-state index contributed by atoms with van der Waals surface area (Å²) in [5.74, 6) is 0.248. The van der Waals surface area contributed by atoms with Crippen molar-refractivity contribution in [3.8, 4) is 0 Å². The average molecular weight is 236 g/mol. The van der Waals surface area contributed by atoms with E-state index >= 15 is 0 Å². The standard InChI is InChI=1S/C10H11F3OS/c1-7(2)8-3-5-9(6-4-8)15(14)10(11,12)13/h3-7H,1-2H3. The van der Waals surface area contributed by atoms with Crippen LogP contribution in [-0.2, 0) is 10.8 Å². The molecule has 0 aromatic heterocycles. The van der Waals surface area contributed by atoms with Crippen LogP contribution in [0.5, 0.6) is 0 Å². The van der Waals surface area contributed by atoms with Crippen LogP contribution in [0.4, 0.5) is 13.2 Å². The van der Waals surface area contributed by atoms with E-state index < -0.39 is 16.3 Å². The number of benzene rings is 1. The van der Waals surface area contributed by atoms with Crippen LogP contribution in [0.15, 0.2) is 29.2 Å². The summed E-state index contributed by atoms with van der Waals surface area (Å²) in [5.41, 5.74) is -3.75. The largest absolute Gasteiger partial charge is 0.475 e. The summed E-state index contributed by atoms with van der Waals surface area (Å²) < 4.78 is 47.2. The van der Waals surface area contributed by atoms with E-state index in [1.807, 2.05) is 13.8 Å². The minimum absolute atomic E-state index is 0.202. The highest BCUT2D eigenvalue weighted by molar-refractivity contribution is 7.86. The molecule has 0 saturated carbocycles. The van der Waals surface area contributed by atoms with E-state index in [-0.39, 0.29) is 10.8 Å². The summed E-state index contributed by atoms with van der Waals surface area (Å²) in [7, 11) is -2.92. The van der Waals surface area contributed by atoms with Crippen molar-refractivity contribution in [3.63, 3.8) is 0 Å². The Labute approximate surface area is 88.8 Å². The van der Waals surface area contributed by atoms with Gasteiger partial charge >= 0.3 is 5.51 Å². The monoisotopic (exact) mass is 236 g/mol. The molecule has 1 unspecified atom stereocenters. The quantitative estimate of drug-likeness (QED) is 0.768. The minimum Gasteiger partial charge on any atom is -0.245 e. The van der Waals surface area contributed by atoms with Crippen LogP contribution in [0.1, 0.15) is 25.3 Å². The number of hydrogen-bond donors (Lipinski definition) is 0. The van der Waals surface area contributed by atoms with Gasteiger partial charge in [0.25, 0.3) is 0 Å². The highest BCUT2D eigenvalue weighted by Crippen LogP contribution is 2.27. The van der Waals surface area contributed by atoms with Crippen LogP contribution in [0.25, 0.3) is 0 Å². The summed E-state index contributed by atoms with van der Waals surface area (Å²) >= 11 is 0. The molecule has 1 aromatic rings. The maximum Gasteiger partial charge on any atom is 0.475 e. The summed E-state index contributed by atoms with van der Waals surface area (Å²) in [6.45, 7) is 3.88. The second-order valence-corrected chi connectivity index (χ2v) is 4.91. The molecule has 84 valence electrons. The van der Waals surface area contributed by atoms with Gasteiger partial charge in [0, 0.05) is 4.90 Å². The Morgan fingerprint density at radius 3 is 1.93 bits per heavy atom. The normalized spacial score (nSPS) is 14.3. The third kappa shape index (κ3) is 3.06. The predicted molar refractivity (Wildman–Crippen MR) is 53.0 cm³/mol. The van der Waals surface area contributed by atoms with Gasteiger partial charge in [-0.3, -0.25) is 0 Å². The van der Waals surface area contributed by atoms with Crippen LogP contribution in [0.3, 0.4) is 0 Å². The molecule has 0 saturated heterocycles. The lowest BCUT2D eigenvalue weighted by Gasteiger charge is -2.08. The summed E-state index contributed by atoms with van der Waals surface area (Å²) in [4.78, 5) is -0.202. The van der Waals surface area contributed by atoms with E-state index in [1.54, 1.807) is 12.1 Å². The maximum atomic E-state index is 12.1. The number of rotatable bonds is 2. The van der Waals surface area contributed by atoms with Gasteiger partial charge < -0.3 is 0 Å². The smallest absolute Gasteiger partial charge is 0.245 e. The molecule has 1 aromatic carbocycles. The molecule has 0 fully saturated rings. The molecule has 1 atom stereocenters. The Balaban J connectivity index is 2.95. The second-order valence-electron chi connectivity index (χ2n) is 3.44.